The van der Waals surface area contributed by atoms with Crippen molar-refractivity contribution in [3.05, 3.63) is 111 Å². The molecule has 3 aromatic carbocycles. The smallest absolute Gasteiger partial charge is 0.273 e. The Morgan fingerprint density at radius 2 is 1.69 bits per heavy atom. The van der Waals surface area contributed by atoms with Crippen LogP contribution in [0, 0.1) is 10.1 Å². The molecule has 1 N–H and O–H groups in total. The van der Waals surface area contributed by atoms with Crippen LogP contribution in [0.3, 0.4) is 0 Å². The van der Waals surface area contributed by atoms with Crippen LogP contribution >= 0.6 is 11.6 Å². The lowest BCUT2D eigenvalue weighted by Crippen LogP contribution is -2.51. The molecule has 0 aliphatic heterocycles. The van der Waals surface area contributed by atoms with Crippen LogP contribution in [-0.2, 0) is 29.0 Å². The van der Waals surface area contributed by atoms with Crippen molar-refractivity contribution in [2.24, 2.45) is 0 Å². The van der Waals surface area contributed by atoms with Crippen LogP contribution in [0.1, 0.15) is 36.5 Å². The minimum absolute atomic E-state index is 0.124. The predicted molar refractivity (Wildman–Crippen MR) is 141 cm³/mol. The van der Waals surface area contributed by atoms with Crippen molar-refractivity contribution < 1.29 is 14.5 Å². The second kappa shape index (κ2) is 13.4. The van der Waals surface area contributed by atoms with Crippen molar-refractivity contribution in [1.29, 1.82) is 0 Å². The fourth-order valence-electron chi connectivity index (χ4n) is 4.00. The third-order valence-corrected chi connectivity index (χ3v) is 6.11. The van der Waals surface area contributed by atoms with Crippen molar-refractivity contribution in [2.45, 2.75) is 45.2 Å². The number of amides is 2. The molecule has 0 aliphatic rings. The lowest BCUT2D eigenvalue weighted by atomic mass is 10.0. The van der Waals surface area contributed by atoms with Crippen molar-refractivity contribution in [3.8, 4) is 0 Å². The maximum absolute atomic E-state index is 13.7. The van der Waals surface area contributed by atoms with Crippen LogP contribution in [0.15, 0.2) is 78.9 Å². The predicted octanol–water partition coefficient (Wildman–Crippen LogP) is 5.35. The number of benzene rings is 3. The highest BCUT2D eigenvalue weighted by atomic mass is 35.5. The molecule has 36 heavy (non-hydrogen) atoms. The van der Waals surface area contributed by atoms with Crippen LogP contribution < -0.4 is 5.32 Å². The van der Waals surface area contributed by atoms with E-state index in [0.29, 0.717) is 23.6 Å². The van der Waals surface area contributed by atoms with E-state index in [2.05, 4.69) is 5.32 Å². The Labute approximate surface area is 216 Å². The summed E-state index contributed by atoms with van der Waals surface area (Å²) in [6.07, 6.45) is 1.85. The fraction of sp³-hybridized carbons (Fsp3) is 0.286. The molecule has 8 heteroatoms. The van der Waals surface area contributed by atoms with Gasteiger partial charge in [0, 0.05) is 36.2 Å². The van der Waals surface area contributed by atoms with Gasteiger partial charge in [-0.25, -0.2) is 0 Å². The molecule has 0 spiro atoms. The highest BCUT2D eigenvalue weighted by molar-refractivity contribution is 6.30. The number of hydrogen-bond acceptors (Lipinski definition) is 4. The van der Waals surface area contributed by atoms with E-state index >= 15 is 0 Å². The van der Waals surface area contributed by atoms with Crippen molar-refractivity contribution in [3.63, 3.8) is 0 Å². The molecule has 3 aromatic rings. The average molecular weight is 508 g/mol. The topological polar surface area (TPSA) is 92.6 Å². The number of nitrogens with zero attached hydrogens (tertiary/aromatic N) is 2. The quantitative estimate of drug-likeness (QED) is 0.203. The Balaban J connectivity index is 1.99. The Bertz CT molecular complexity index is 1190. The molecule has 188 valence electrons. The minimum Gasteiger partial charge on any atom is -0.354 e. The summed E-state index contributed by atoms with van der Waals surface area (Å²) in [4.78, 5) is 39.7. The van der Waals surface area contributed by atoms with E-state index in [-0.39, 0.29) is 30.5 Å². The molecular weight excluding hydrogens is 478 g/mol. The van der Waals surface area contributed by atoms with Gasteiger partial charge < -0.3 is 10.2 Å². The van der Waals surface area contributed by atoms with E-state index in [9.17, 15) is 19.7 Å². The first-order valence-corrected chi connectivity index (χ1v) is 12.3. The van der Waals surface area contributed by atoms with Gasteiger partial charge in [0.25, 0.3) is 5.69 Å². The second-order valence-corrected chi connectivity index (χ2v) is 9.00. The molecule has 0 bridgehead atoms. The number of nitro groups is 1. The number of rotatable bonds is 12. The number of carbonyl (C=O) groups is 2. The van der Waals surface area contributed by atoms with Crippen LogP contribution in [0.2, 0.25) is 5.02 Å². The first kappa shape index (κ1) is 26.9. The summed E-state index contributed by atoms with van der Waals surface area (Å²) in [6, 6.07) is 22.0. The first-order valence-electron chi connectivity index (χ1n) is 12.0. The lowest BCUT2D eigenvalue weighted by molar-refractivity contribution is -0.385. The molecule has 0 aromatic heterocycles. The van der Waals surface area contributed by atoms with Gasteiger partial charge >= 0.3 is 0 Å². The van der Waals surface area contributed by atoms with Gasteiger partial charge in [-0.3, -0.25) is 19.7 Å². The number of para-hydroxylation sites is 1. The van der Waals surface area contributed by atoms with E-state index in [1.165, 1.54) is 11.0 Å². The summed E-state index contributed by atoms with van der Waals surface area (Å²) < 4.78 is 0. The van der Waals surface area contributed by atoms with Gasteiger partial charge in [0.15, 0.2) is 0 Å². The maximum Gasteiger partial charge on any atom is 0.273 e. The third-order valence-electron chi connectivity index (χ3n) is 5.87. The Morgan fingerprint density at radius 3 is 2.39 bits per heavy atom. The largest absolute Gasteiger partial charge is 0.354 e. The molecule has 0 aliphatic carbocycles. The van der Waals surface area contributed by atoms with Crippen LogP contribution in [0.25, 0.3) is 0 Å². The normalized spacial score (nSPS) is 11.5. The molecule has 0 fully saturated rings. The number of halogens is 1. The Kier molecular flexibility index (Phi) is 10.0. The van der Waals surface area contributed by atoms with E-state index in [1.807, 2.05) is 43.3 Å². The number of unbranched alkanes of at least 4 members (excludes halogenated alkanes) is 1. The molecule has 2 amide bonds. The molecular formula is C28H30ClN3O4. The van der Waals surface area contributed by atoms with Crippen molar-refractivity contribution in [2.75, 3.05) is 6.54 Å². The van der Waals surface area contributed by atoms with E-state index in [1.54, 1.807) is 36.4 Å². The van der Waals surface area contributed by atoms with Gasteiger partial charge in [0.2, 0.25) is 11.8 Å². The molecule has 0 heterocycles. The number of hydrogen-bond donors (Lipinski definition) is 1. The maximum atomic E-state index is 13.7. The minimum atomic E-state index is -0.807. The van der Waals surface area contributed by atoms with Crippen LogP contribution in [0.5, 0.6) is 0 Å². The van der Waals surface area contributed by atoms with E-state index < -0.39 is 11.0 Å². The Hall–Kier alpha value is -3.71. The summed E-state index contributed by atoms with van der Waals surface area (Å²) >= 11 is 6.19. The van der Waals surface area contributed by atoms with Crippen LogP contribution in [-0.4, -0.2) is 34.2 Å². The van der Waals surface area contributed by atoms with E-state index in [4.69, 9.17) is 11.6 Å². The van der Waals surface area contributed by atoms with Crippen molar-refractivity contribution >= 4 is 29.1 Å². The zero-order valence-corrected chi connectivity index (χ0v) is 21.0. The number of carbonyl (C=O) groups excluding carboxylic acids is 2. The molecule has 7 nitrogen and oxygen atoms in total. The standard InChI is InChI=1S/C28H30ClN3O4/c1-2-3-16-30-28(34)26(18-21-10-5-4-6-11-21)31(20-22-12-9-14-24(29)17-22)27(33)19-23-13-7-8-15-25(23)32(35)36/h4-15,17,26H,2-3,16,18-20H2,1H3,(H,30,34). The molecule has 1 unspecified atom stereocenters. The van der Waals surface area contributed by atoms with Gasteiger partial charge in [0.1, 0.15) is 6.04 Å². The van der Waals surface area contributed by atoms with Gasteiger partial charge in [-0.15, -0.1) is 0 Å². The molecule has 1 atom stereocenters. The average Bonchev–Trinajstić information content (AvgIpc) is 2.87. The summed E-state index contributed by atoms with van der Waals surface area (Å²) in [5.41, 5.74) is 1.84. The van der Waals surface area contributed by atoms with Gasteiger partial charge in [-0.1, -0.05) is 85.6 Å². The summed E-state index contributed by atoms with van der Waals surface area (Å²) in [7, 11) is 0. The highest BCUT2D eigenvalue weighted by Gasteiger charge is 2.31. The monoisotopic (exact) mass is 507 g/mol. The highest BCUT2D eigenvalue weighted by Crippen LogP contribution is 2.22. The molecule has 0 saturated heterocycles. The van der Waals surface area contributed by atoms with Crippen molar-refractivity contribution in [1.82, 2.24) is 10.2 Å². The number of nitrogens with one attached hydrogen (secondary N) is 1. The Morgan fingerprint density at radius 1 is 1.00 bits per heavy atom. The lowest BCUT2D eigenvalue weighted by Gasteiger charge is -2.31. The summed E-state index contributed by atoms with van der Waals surface area (Å²) in [6.45, 7) is 2.68. The fourth-order valence-corrected chi connectivity index (χ4v) is 4.21. The van der Waals surface area contributed by atoms with Gasteiger partial charge in [-0.05, 0) is 29.7 Å². The SMILES string of the molecule is CCCCNC(=O)C(Cc1ccccc1)N(Cc1cccc(Cl)c1)C(=O)Cc1ccccc1[N+](=O)[O-]. The van der Waals surface area contributed by atoms with E-state index in [0.717, 1.165) is 24.0 Å². The van der Waals surface area contributed by atoms with Gasteiger partial charge in [-0.2, -0.15) is 0 Å². The molecule has 0 saturated carbocycles. The first-order chi connectivity index (χ1) is 17.4. The summed E-state index contributed by atoms with van der Waals surface area (Å²) in [5, 5.41) is 15.0. The van der Waals surface area contributed by atoms with Crippen LogP contribution in [0.4, 0.5) is 5.69 Å². The van der Waals surface area contributed by atoms with Gasteiger partial charge in [0.05, 0.1) is 11.3 Å². The molecule has 3 rings (SSSR count). The zero-order valence-electron chi connectivity index (χ0n) is 20.2. The number of nitro benzene ring substituents is 1. The zero-order chi connectivity index (χ0) is 25.9. The second-order valence-electron chi connectivity index (χ2n) is 8.56. The molecule has 0 radical (unpaired) electrons. The third kappa shape index (κ3) is 7.65. The summed E-state index contributed by atoms with van der Waals surface area (Å²) in [5.74, 6) is -0.638.